The van der Waals surface area contributed by atoms with Crippen LogP contribution in [0.15, 0.2) is 30.3 Å². The van der Waals surface area contributed by atoms with Crippen molar-refractivity contribution in [2.75, 3.05) is 0 Å². The molecule has 1 heterocycles. The van der Waals surface area contributed by atoms with Crippen molar-refractivity contribution in [3.05, 3.63) is 41.5 Å². The van der Waals surface area contributed by atoms with Gasteiger partial charge in [-0.25, -0.2) is 9.59 Å². The lowest BCUT2D eigenvalue weighted by atomic mass is 9.83. The molecule has 0 saturated heterocycles. The molecule has 0 N–H and O–H groups in total. The van der Waals surface area contributed by atoms with Crippen molar-refractivity contribution in [1.82, 2.24) is 0 Å². The Morgan fingerprint density at radius 1 is 1.06 bits per heavy atom. The van der Waals surface area contributed by atoms with Gasteiger partial charge in [0.05, 0.1) is 11.1 Å². The molecular formula is C12H5BO3. The Kier molecular flexibility index (Phi) is 1.69. The summed E-state index contributed by atoms with van der Waals surface area (Å²) in [5.41, 5.74) is 0.744. The molecule has 2 aromatic rings. The van der Waals surface area contributed by atoms with E-state index in [0.29, 0.717) is 5.46 Å². The topological polar surface area (TPSA) is 43.4 Å². The molecule has 1 aliphatic heterocycles. The third kappa shape index (κ3) is 1.04. The summed E-state index contributed by atoms with van der Waals surface area (Å²) >= 11 is 0. The molecule has 0 fully saturated rings. The lowest BCUT2D eigenvalue weighted by Crippen LogP contribution is -2.15. The van der Waals surface area contributed by atoms with Gasteiger partial charge >= 0.3 is 11.9 Å². The number of hydrogen-bond donors (Lipinski definition) is 0. The Balaban J connectivity index is 2.50. The smallest absolute Gasteiger partial charge is 0.346 e. The van der Waals surface area contributed by atoms with E-state index in [1.807, 2.05) is 18.2 Å². The van der Waals surface area contributed by atoms with E-state index >= 15 is 0 Å². The summed E-state index contributed by atoms with van der Waals surface area (Å²) in [6, 6.07) is 8.95. The number of cyclic esters (lactones) is 2. The SMILES string of the molecule is [B]c1c2c(cc3ccccc13)C(=O)OC2=O. The molecular weight excluding hydrogens is 203 g/mol. The Morgan fingerprint density at radius 3 is 2.62 bits per heavy atom. The molecule has 3 rings (SSSR count). The van der Waals surface area contributed by atoms with Crippen molar-refractivity contribution in [2.24, 2.45) is 0 Å². The van der Waals surface area contributed by atoms with Gasteiger partial charge in [0, 0.05) is 0 Å². The van der Waals surface area contributed by atoms with Crippen molar-refractivity contribution >= 4 is 36.0 Å². The van der Waals surface area contributed by atoms with Crippen LogP contribution in [0.3, 0.4) is 0 Å². The van der Waals surface area contributed by atoms with E-state index in [0.717, 1.165) is 10.8 Å². The second-order valence-electron chi connectivity index (χ2n) is 3.61. The second kappa shape index (κ2) is 2.95. The number of benzene rings is 2. The first-order valence-electron chi connectivity index (χ1n) is 4.76. The van der Waals surface area contributed by atoms with Gasteiger partial charge in [-0.1, -0.05) is 29.7 Å². The van der Waals surface area contributed by atoms with Gasteiger partial charge in [0.1, 0.15) is 7.85 Å². The minimum Gasteiger partial charge on any atom is -0.386 e. The number of carbonyl (C=O) groups is 2. The Labute approximate surface area is 92.4 Å². The van der Waals surface area contributed by atoms with Crippen LogP contribution in [0, 0.1) is 0 Å². The fourth-order valence-corrected chi connectivity index (χ4v) is 1.95. The number of esters is 2. The summed E-state index contributed by atoms with van der Waals surface area (Å²) < 4.78 is 4.53. The minimum atomic E-state index is -0.664. The van der Waals surface area contributed by atoms with E-state index < -0.39 is 11.9 Å². The van der Waals surface area contributed by atoms with E-state index in [-0.39, 0.29) is 11.1 Å². The number of ether oxygens (including phenoxy) is 1. The summed E-state index contributed by atoms with van der Waals surface area (Å²) in [6.07, 6.45) is 0. The van der Waals surface area contributed by atoms with Crippen molar-refractivity contribution < 1.29 is 14.3 Å². The van der Waals surface area contributed by atoms with Gasteiger partial charge in [-0.15, -0.1) is 0 Å². The molecule has 0 aromatic heterocycles. The highest BCUT2D eigenvalue weighted by Crippen LogP contribution is 2.23. The molecule has 3 nitrogen and oxygen atoms in total. The first-order chi connectivity index (χ1) is 7.68. The predicted octanol–water partition coefficient (Wildman–Crippen LogP) is 0.944. The fourth-order valence-electron chi connectivity index (χ4n) is 1.95. The first-order valence-corrected chi connectivity index (χ1v) is 4.76. The number of rotatable bonds is 0. The van der Waals surface area contributed by atoms with Crippen molar-refractivity contribution in [2.45, 2.75) is 0 Å². The maximum absolute atomic E-state index is 11.4. The van der Waals surface area contributed by atoms with Gasteiger partial charge in [-0.3, -0.25) is 0 Å². The molecule has 0 amide bonds. The Hall–Kier alpha value is -2.10. The van der Waals surface area contributed by atoms with Crippen LogP contribution in [0.25, 0.3) is 10.8 Å². The van der Waals surface area contributed by atoms with Crippen molar-refractivity contribution in [3.8, 4) is 0 Å². The Bertz CT molecular complexity index is 646. The van der Waals surface area contributed by atoms with Crippen LogP contribution < -0.4 is 5.46 Å². The molecule has 0 unspecified atom stereocenters. The van der Waals surface area contributed by atoms with Crippen LogP contribution in [0.5, 0.6) is 0 Å². The maximum Gasteiger partial charge on any atom is 0.346 e. The fraction of sp³-hybridized carbons (Fsp3) is 0. The monoisotopic (exact) mass is 208 g/mol. The maximum atomic E-state index is 11.4. The quantitative estimate of drug-likeness (QED) is 0.367. The normalized spacial score (nSPS) is 14.0. The standard InChI is InChI=1S/C12H5BO3/c13-10-7-4-2-1-3-6(7)5-8-9(10)12(15)16-11(8)14/h1-5H. The van der Waals surface area contributed by atoms with Crippen LogP contribution in [0.4, 0.5) is 0 Å². The van der Waals surface area contributed by atoms with E-state index in [4.69, 9.17) is 7.85 Å². The van der Waals surface area contributed by atoms with Crippen LogP contribution >= 0.6 is 0 Å². The highest BCUT2D eigenvalue weighted by Gasteiger charge is 2.31. The summed E-state index contributed by atoms with van der Waals surface area (Å²) in [6.45, 7) is 0. The number of carbonyl (C=O) groups excluding carboxylic acids is 2. The van der Waals surface area contributed by atoms with E-state index in [9.17, 15) is 9.59 Å². The van der Waals surface area contributed by atoms with Gasteiger partial charge in [-0.2, -0.15) is 0 Å². The van der Waals surface area contributed by atoms with Gasteiger partial charge in [0.15, 0.2) is 0 Å². The number of hydrogen-bond acceptors (Lipinski definition) is 3. The highest BCUT2D eigenvalue weighted by atomic mass is 16.6. The van der Waals surface area contributed by atoms with Gasteiger partial charge in [0.2, 0.25) is 0 Å². The third-order valence-electron chi connectivity index (χ3n) is 2.70. The molecule has 2 aromatic carbocycles. The van der Waals surface area contributed by atoms with Crippen LogP contribution in [0.2, 0.25) is 0 Å². The molecule has 0 aliphatic carbocycles. The Morgan fingerprint density at radius 2 is 1.81 bits per heavy atom. The average Bonchev–Trinajstić information content (AvgIpc) is 2.55. The molecule has 0 bridgehead atoms. The molecule has 1 aliphatic rings. The van der Waals surface area contributed by atoms with Gasteiger partial charge in [0.25, 0.3) is 0 Å². The van der Waals surface area contributed by atoms with E-state index in [2.05, 4.69) is 4.74 Å². The highest BCUT2D eigenvalue weighted by molar-refractivity contribution is 6.44. The van der Waals surface area contributed by atoms with Crippen LogP contribution in [0.1, 0.15) is 20.7 Å². The molecule has 74 valence electrons. The second-order valence-corrected chi connectivity index (χ2v) is 3.61. The largest absolute Gasteiger partial charge is 0.386 e. The lowest BCUT2D eigenvalue weighted by molar-refractivity contribution is 0.0444. The molecule has 0 atom stereocenters. The van der Waals surface area contributed by atoms with Crippen molar-refractivity contribution in [1.29, 1.82) is 0 Å². The van der Waals surface area contributed by atoms with Crippen LogP contribution in [-0.4, -0.2) is 19.8 Å². The van der Waals surface area contributed by atoms with Crippen LogP contribution in [-0.2, 0) is 4.74 Å². The average molecular weight is 208 g/mol. The van der Waals surface area contributed by atoms with Crippen molar-refractivity contribution in [3.63, 3.8) is 0 Å². The lowest BCUT2D eigenvalue weighted by Gasteiger charge is -2.05. The van der Waals surface area contributed by atoms with Gasteiger partial charge < -0.3 is 4.74 Å². The molecule has 2 radical (unpaired) electrons. The summed E-state index contributed by atoms with van der Waals surface area (Å²) in [7, 11) is 5.87. The van der Waals surface area contributed by atoms with E-state index in [1.54, 1.807) is 12.1 Å². The molecule has 4 heteroatoms. The van der Waals surface area contributed by atoms with E-state index in [1.165, 1.54) is 0 Å². The zero-order chi connectivity index (χ0) is 11.3. The zero-order valence-corrected chi connectivity index (χ0v) is 8.19. The zero-order valence-electron chi connectivity index (χ0n) is 8.19. The molecule has 16 heavy (non-hydrogen) atoms. The number of fused-ring (bicyclic) bond motifs is 2. The first kappa shape index (κ1) is 9.15. The molecule has 0 spiro atoms. The third-order valence-corrected chi connectivity index (χ3v) is 2.70. The predicted molar refractivity (Wildman–Crippen MR) is 59.1 cm³/mol. The summed E-state index contributed by atoms with van der Waals surface area (Å²) in [4.78, 5) is 22.8. The summed E-state index contributed by atoms with van der Waals surface area (Å²) in [5, 5.41) is 1.58. The molecule has 0 saturated carbocycles. The summed E-state index contributed by atoms with van der Waals surface area (Å²) in [5.74, 6) is -1.29. The minimum absolute atomic E-state index is 0.184. The van der Waals surface area contributed by atoms with Gasteiger partial charge in [-0.05, 0) is 16.8 Å².